The van der Waals surface area contributed by atoms with E-state index in [9.17, 15) is 9.59 Å². The molecule has 1 saturated carbocycles. The van der Waals surface area contributed by atoms with E-state index in [1.165, 1.54) is 6.07 Å². The first-order valence-electron chi connectivity index (χ1n) is 9.63. The van der Waals surface area contributed by atoms with E-state index in [1.54, 1.807) is 4.57 Å². The van der Waals surface area contributed by atoms with Crippen LogP contribution in [0.4, 0.5) is 10.1 Å². The Hall–Kier alpha value is -2.35. The Balaban J connectivity index is 2.01. The van der Waals surface area contributed by atoms with E-state index in [1.807, 2.05) is 18.7 Å². The fourth-order valence-corrected chi connectivity index (χ4v) is 4.32. The Morgan fingerprint density at radius 2 is 2.00 bits per heavy atom. The van der Waals surface area contributed by atoms with Gasteiger partial charge in [0.05, 0.1) is 16.6 Å². The van der Waals surface area contributed by atoms with Gasteiger partial charge in [-0.15, -0.1) is 0 Å². The molecule has 2 aromatic rings. The van der Waals surface area contributed by atoms with Crippen LogP contribution < -0.4 is 27.7 Å². The predicted molar refractivity (Wildman–Crippen MR) is 104 cm³/mol. The second kappa shape index (κ2) is 6.37. The largest absolute Gasteiger partial charge is 0.369 e. The topological polar surface area (TPSA) is 99.3 Å². The van der Waals surface area contributed by atoms with Crippen molar-refractivity contribution >= 4 is 16.6 Å². The molecule has 2 fully saturated rings. The molecule has 2 heterocycles. The third-order valence-corrected chi connectivity index (χ3v) is 5.98. The normalized spacial score (nSPS) is 21.2. The fourth-order valence-electron chi connectivity index (χ4n) is 4.32. The Morgan fingerprint density at radius 3 is 2.56 bits per heavy atom. The molecule has 8 heteroatoms. The summed E-state index contributed by atoms with van der Waals surface area (Å²) in [7, 11) is 0. The van der Waals surface area contributed by atoms with Gasteiger partial charge >= 0.3 is 5.69 Å². The number of hydrogen-bond donors (Lipinski definition) is 2. The van der Waals surface area contributed by atoms with Crippen LogP contribution in [0.1, 0.15) is 44.7 Å². The van der Waals surface area contributed by atoms with Gasteiger partial charge in [0.15, 0.2) is 0 Å². The lowest BCUT2D eigenvalue weighted by atomic mass is 10.0. The van der Waals surface area contributed by atoms with Crippen molar-refractivity contribution in [3.63, 3.8) is 0 Å². The molecule has 0 bridgehead atoms. The van der Waals surface area contributed by atoms with Gasteiger partial charge in [0, 0.05) is 30.7 Å². The van der Waals surface area contributed by atoms with Crippen LogP contribution in [-0.4, -0.2) is 28.4 Å². The minimum atomic E-state index is -0.651. The zero-order chi connectivity index (χ0) is 19.5. The highest BCUT2D eigenvalue weighted by atomic mass is 19.1. The number of fused-ring (bicyclic) bond motifs is 1. The monoisotopic (exact) mass is 375 g/mol. The van der Waals surface area contributed by atoms with Crippen molar-refractivity contribution in [3.05, 3.63) is 38.3 Å². The molecule has 7 nitrogen and oxygen atoms in total. The van der Waals surface area contributed by atoms with Crippen LogP contribution in [0.5, 0.6) is 0 Å². The molecule has 1 aromatic carbocycles. The Labute approximate surface area is 156 Å². The van der Waals surface area contributed by atoms with Crippen LogP contribution in [0.3, 0.4) is 0 Å². The van der Waals surface area contributed by atoms with Crippen LogP contribution >= 0.6 is 0 Å². The summed E-state index contributed by atoms with van der Waals surface area (Å²) in [4.78, 5) is 27.3. The van der Waals surface area contributed by atoms with Gasteiger partial charge in [0.25, 0.3) is 5.56 Å². The quantitative estimate of drug-likeness (QED) is 0.780. The predicted octanol–water partition coefficient (Wildman–Crippen LogP) is 1.09. The first kappa shape index (κ1) is 18.0. The maximum Gasteiger partial charge on any atom is 0.350 e. The number of aromatic nitrogens is 2. The summed E-state index contributed by atoms with van der Waals surface area (Å²) in [6.45, 7) is 5.28. The van der Waals surface area contributed by atoms with E-state index in [0.29, 0.717) is 46.9 Å². The molecule has 4 rings (SSSR count). The van der Waals surface area contributed by atoms with Crippen molar-refractivity contribution in [2.75, 3.05) is 23.8 Å². The van der Waals surface area contributed by atoms with Crippen molar-refractivity contribution in [1.29, 1.82) is 0 Å². The summed E-state index contributed by atoms with van der Waals surface area (Å²) in [6, 6.07) is 1.31. The fraction of sp³-hybridized carbons (Fsp3) is 0.579. The van der Waals surface area contributed by atoms with Gasteiger partial charge in [-0.2, -0.15) is 4.68 Å². The van der Waals surface area contributed by atoms with Gasteiger partial charge in [0.2, 0.25) is 0 Å². The Morgan fingerprint density at radius 1 is 1.30 bits per heavy atom. The average molecular weight is 375 g/mol. The molecule has 1 aliphatic heterocycles. The number of nitrogens with zero attached hydrogens (tertiary/aromatic N) is 3. The highest BCUT2D eigenvalue weighted by Crippen LogP contribution is 2.39. The second-order valence-corrected chi connectivity index (χ2v) is 7.85. The summed E-state index contributed by atoms with van der Waals surface area (Å²) in [6.07, 6.45) is 3.14. The number of rotatable bonds is 4. The SMILES string of the molecule is CCc1c(N2CCC([C@H](C)N)C2)c(F)cc2c(=O)n(N)c(=O)n(C3CC3)c12. The van der Waals surface area contributed by atoms with Crippen molar-refractivity contribution in [2.24, 2.45) is 11.7 Å². The van der Waals surface area contributed by atoms with E-state index >= 15 is 4.39 Å². The molecule has 2 aliphatic rings. The van der Waals surface area contributed by atoms with E-state index in [0.717, 1.165) is 19.3 Å². The first-order valence-corrected chi connectivity index (χ1v) is 9.63. The van der Waals surface area contributed by atoms with Gasteiger partial charge in [-0.05, 0) is 44.6 Å². The van der Waals surface area contributed by atoms with Gasteiger partial charge < -0.3 is 16.5 Å². The highest BCUT2D eigenvalue weighted by Gasteiger charge is 2.33. The summed E-state index contributed by atoms with van der Waals surface area (Å²) in [5.41, 5.74) is 6.60. The molecular formula is C19H26FN5O2. The Kier molecular flexibility index (Phi) is 4.25. The van der Waals surface area contributed by atoms with Gasteiger partial charge in [-0.25, -0.2) is 9.18 Å². The van der Waals surface area contributed by atoms with Crippen LogP contribution in [0.15, 0.2) is 15.7 Å². The first-order chi connectivity index (χ1) is 12.8. The summed E-state index contributed by atoms with van der Waals surface area (Å²) >= 11 is 0. The number of aryl methyl sites for hydroxylation is 1. The zero-order valence-electron chi connectivity index (χ0n) is 15.7. The lowest BCUT2D eigenvalue weighted by Gasteiger charge is -2.25. The summed E-state index contributed by atoms with van der Waals surface area (Å²) in [5, 5.41) is 0.171. The van der Waals surface area contributed by atoms with Gasteiger partial charge in [-0.1, -0.05) is 6.92 Å². The maximum absolute atomic E-state index is 15.2. The van der Waals surface area contributed by atoms with E-state index in [-0.39, 0.29) is 17.5 Å². The molecular weight excluding hydrogens is 349 g/mol. The third kappa shape index (κ3) is 2.74. The maximum atomic E-state index is 15.2. The molecule has 4 N–H and O–H groups in total. The number of anilines is 1. The lowest BCUT2D eigenvalue weighted by molar-refractivity contribution is 0.487. The van der Waals surface area contributed by atoms with Crippen LogP contribution in [0, 0.1) is 11.7 Å². The van der Waals surface area contributed by atoms with E-state index in [4.69, 9.17) is 11.6 Å². The summed E-state index contributed by atoms with van der Waals surface area (Å²) < 4.78 is 17.4. The van der Waals surface area contributed by atoms with E-state index in [2.05, 4.69) is 0 Å². The molecule has 1 unspecified atom stereocenters. The number of halogens is 1. The van der Waals surface area contributed by atoms with Crippen molar-refractivity contribution in [1.82, 2.24) is 9.24 Å². The number of benzene rings is 1. The van der Waals surface area contributed by atoms with Crippen LogP contribution in [0.2, 0.25) is 0 Å². The minimum absolute atomic E-state index is 0.0226. The van der Waals surface area contributed by atoms with Gasteiger partial charge in [0.1, 0.15) is 5.82 Å². The van der Waals surface area contributed by atoms with Crippen LogP contribution in [0.25, 0.3) is 10.9 Å². The molecule has 0 amide bonds. The number of nitrogen functional groups attached to an aromatic ring is 1. The minimum Gasteiger partial charge on any atom is -0.369 e. The smallest absolute Gasteiger partial charge is 0.350 e. The molecule has 146 valence electrons. The summed E-state index contributed by atoms with van der Waals surface area (Å²) in [5.74, 6) is 5.55. The molecule has 1 saturated heterocycles. The molecule has 1 aliphatic carbocycles. The third-order valence-electron chi connectivity index (χ3n) is 5.98. The molecule has 2 atom stereocenters. The lowest BCUT2D eigenvalue weighted by Crippen LogP contribution is -2.45. The molecule has 1 aromatic heterocycles. The number of hydrogen-bond acceptors (Lipinski definition) is 5. The molecule has 27 heavy (non-hydrogen) atoms. The van der Waals surface area contributed by atoms with Crippen molar-refractivity contribution in [3.8, 4) is 0 Å². The zero-order valence-corrected chi connectivity index (χ0v) is 15.7. The van der Waals surface area contributed by atoms with Crippen molar-refractivity contribution in [2.45, 2.75) is 51.6 Å². The average Bonchev–Trinajstić information content (AvgIpc) is 3.35. The number of nitrogens with two attached hydrogens (primary N) is 2. The molecule has 0 radical (unpaired) electrons. The molecule has 0 spiro atoms. The standard InChI is InChI=1S/C19H26FN5O2/c1-3-13-16-14(18(26)25(22)19(27)24(16)12-4-5-12)8-15(20)17(13)23-7-6-11(9-23)10(2)21/h8,10-12H,3-7,9,21-22H2,1-2H3/t10-,11?/m0/s1. The highest BCUT2D eigenvalue weighted by molar-refractivity contribution is 5.87. The van der Waals surface area contributed by atoms with E-state index < -0.39 is 17.1 Å². The van der Waals surface area contributed by atoms with Crippen LogP contribution in [-0.2, 0) is 6.42 Å². The second-order valence-electron chi connectivity index (χ2n) is 7.85. The Bertz CT molecular complexity index is 1020. The van der Waals surface area contributed by atoms with Gasteiger partial charge in [-0.3, -0.25) is 9.36 Å². The van der Waals surface area contributed by atoms with Crippen molar-refractivity contribution < 1.29 is 4.39 Å².